The Morgan fingerprint density at radius 2 is 1.84 bits per heavy atom. The normalized spacial score (nSPS) is 40.4. The zero-order valence-corrected chi connectivity index (χ0v) is 19.6. The molecule has 1 spiro atoms. The molecule has 5 nitrogen and oxygen atoms in total. The SMILES string of the molecule is CCCC[C@H]1C(=O)O[C@@H]2O[C@@]3(CCCCc4ccccc4)CCC4[C@H](C)CC[C@@H]1[C@]42OO3. The lowest BCUT2D eigenvalue weighted by atomic mass is 9.57. The van der Waals surface area contributed by atoms with Crippen molar-refractivity contribution in [2.45, 2.75) is 102 Å². The van der Waals surface area contributed by atoms with Gasteiger partial charge in [-0.2, -0.15) is 0 Å². The van der Waals surface area contributed by atoms with Gasteiger partial charge < -0.3 is 9.47 Å². The molecule has 6 rings (SSSR count). The van der Waals surface area contributed by atoms with Crippen molar-refractivity contribution in [3.05, 3.63) is 35.9 Å². The van der Waals surface area contributed by atoms with Crippen molar-refractivity contribution in [2.24, 2.45) is 23.7 Å². The Labute approximate surface area is 192 Å². The van der Waals surface area contributed by atoms with Crippen LogP contribution in [-0.2, 0) is 30.5 Å². The number of carbonyl (C=O) groups excluding carboxylic acids is 1. The molecule has 0 radical (unpaired) electrons. The number of fused-ring (bicyclic) bond motifs is 2. The summed E-state index contributed by atoms with van der Waals surface area (Å²) >= 11 is 0. The average molecular weight is 443 g/mol. The second-order valence-corrected chi connectivity index (χ2v) is 10.6. The van der Waals surface area contributed by atoms with Crippen LogP contribution in [0.1, 0.15) is 83.6 Å². The van der Waals surface area contributed by atoms with Crippen LogP contribution in [0.25, 0.3) is 0 Å². The predicted molar refractivity (Wildman–Crippen MR) is 120 cm³/mol. The lowest BCUT2D eigenvalue weighted by Crippen LogP contribution is -2.70. The number of benzene rings is 1. The monoisotopic (exact) mass is 442 g/mol. The highest BCUT2D eigenvalue weighted by atomic mass is 17.3. The third-order valence-electron chi connectivity index (χ3n) is 8.64. The molecular weight excluding hydrogens is 404 g/mol. The van der Waals surface area contributed by atoms with Crippen LogP contribution in [-0.4, -0.2) is 23.6 Å². The van der Waals surface area contributed by atoms with Gasteiger partial charge in [-0.25, -0.2) is 9.78 Å². The van der Waals surface area contributed by atoms with Crippen molar-refractivity contribution in [2.75, 3.05) is 0 Å². The van der Waals surface area contributed by atoms with Crippen molar-refractivity contribution >= 4 is 5.97 Å². The van der Waals surface area contributed by atoms with Gasteiger partial charge in [-0.05, 0) is 56.4 Å². The van der Waals surface area contributed by atoms with E-state index in [2.05, 4.69) is 44.2 Å². The highest BCUT2D eigenvalue weighted by Gasteiger charge is 2.71. The van der Waals surface area contributed by atoms with Crippen molar-refractivity contribution < 1.29 is 24.0 Å². The minimum atomic E-state index is -0.801. The standard InChI is InChI=1S/C27H38O5/c1-3-4-13-21-23-15-14-19(2)22-16-18-26(17-9-8-12-20-10-6-5-7-11-20)30-25(29-24(21)28)27(22,23)32-31-26/h5-7,10-11,19,21-23,25H,3-4,8-9,12-18H2,1-2H3/t19-,21-,22?,23+,25-,26-,27-/m1/s1. The van der Waals surface area contributed by atoms with Gasteiger partial charge in [0.1, 0.15) is 0 Å². The molecule has 1 saturated carbocycles. The van der Waals surface area contributed by atoms with Gasteiger partial charge in [-0.1, -0.05) is 57.0 Å². The summed E-state index contributed by atoms with van der Waals surface area (Å²) in [5.41, 5.74) is 0.710. The number of rotatable bonds is 8. The van der Waals surface area contributed by atoms with Crippen LogP contribution in [0.15, 0.2) is 30.3 Å². The van der Waals surface area contributed by atoms with Gasteiger partial charge >= 0.3 is 5.97 Å². The Balaban J connectivity index is 1.32. The lowest BCUT2D eigenvalue weighted by Gasteiger charge is -2.58. The molecule has 32 heavy (non-hydrogen) atoms. The molecule has 1 aromatic rings. The molecule has 4 heterocycles. The number of aryl methyl sites for hydroxylation is 1. The zero-order valence-electron chi connectivity index (χ0n) is 19.6. The predicted octanol–water partition coefficient (Wildman–Crippen LogP) is 5.96. The maximum Gasteiger partial charge on any atom is 0.311 e. The van der Waals surface area contributed by atoms with E-state index in [4.69, 9.17) is 19.2 Å². The van der Waals surface area contributed by atoms with Crippen LogP contribution >= 0.6 is 0 Å². The van der Waals surface area contributed by atoms with Gasteiger partial charge in [0.25, 0.3) is 0 Å². The highest BCUT2D eigenvalue weighted by molar-refractivity contribution is 5.74. The number of hydrogen-bond donors (Lipinski definition) is 0. The minimum Gasteiger partial charge on any atom is -0.432 e. The van der Waals surface area contributed by atoms with Gasteiger partial charge in [-0.3, -0.25) is 4.79 Å². The largest absolute Gasteiger partial charge is 0.432 e. The first-order chi connectivity index (χ1) is 15.6. The van der Waals surface area contributed by atoms with Crippen LogP contribution in [0.2, 0.25) is 0 Å². The van der Waals surface area contributed by atoms with E-state index in [-0.39, 0.29) is 17.8 Å². The van der Waals surface area contributed by atoms with Crippen molar-refractivity contribution in [1.82, 2.24) is 0 Å². The molecular formula is C27H38O5. The van der Waals surface area contributed by atoms with Gasteiger partial charge in [-0.15, -0.1) is 0 Å². The maximum atomic E-state index is 13.0. The van der Waals surface area contributed by atoms with Gasteiger partial charge in [0.15, 0.2) is 5.60 Å². The smallest absolute Gasteiger partial charge is 0.311 e. The van der Waals surface area contributed by atoms with Crippen molar-refractivity contribution in [1.29, 1.82) is 0 Å². The van der Waals surface area contributed by atoms with Crippen LogP contribution < -0.4 is 0 Å². The average Bonchev–Trinajstić information content (AvgIpc) is 3.06. The van der Waals surface area contributed by atoms with E-state index in [0.717, 1.165) is 70.6 Å². The second kappa shape index (κ2) is 9.08. The fourth-order valence-corrected chi connectivity index (χ4v) is 6.87. The summed E-state index contributed by atoms with van der Waals surface area (Å²) in [4.78, 5) is 25.6. The molecule has 5 fully saturated rings. The number of unbranched alkanes of at least 4 members (excludes halogenated alkanes) is 2. The van der Waals surface area contributed by atoms with Gasteiger partial charge in [0.2, 0.25) is 12.1 Å². The number of esters is 1. The quantitative estimate of drug-likeness (QED) is 0.282. The summed E-state index contributed by atoms with van der Waals surface area (Å²) in [7, 11) is 0. The van der Waals surface area contributed by atoms with E-state index >= 15 is 0 Å². The topological polar surface area (TPSA) is 54.0 Å². The van der Waals surface area contributed by atoms with Crippen LogP contribution in [0.4, 0.5) is 0 Å². The molecule has 4 aliphatic heterocycles. The summed E-state index contributed by atoms with van der Waals surface area (Å²) < 4.78 is 12.6. The van der Waals surface area contributed by atoms with E-state index in [1.807, 2.05) is 0 Å². The molecule has 4 saturated heterocycles. The Kier molecular flexibility index (Phi) is 6.34. The van der Waals surface area contributed by atoms with E-state index in [0.29, 0.717) is 11.8 Å². The molecule has 176 valence electrons. The molecule has 1 aliphatic carbocycles. The fraction of sp³-hybridized carbons (Fsp3) is 0.741. The number of carbonyl (C=O) groups is 1. The minimum absolute atomic E-state index is 0.0947. The summed E-state index contributed by atoms with van der Waals surface area (Å²) in [6.45, 7) is 4.49. The molecule has 0 N–H and O–H groups in total. The first-order valence-electron chi connectivity index (χ1n) is 12.9. The molecule has 7 atom stereocenters. The summed E-state index contributed by atoms with van der Waals surface area (Å²) in [6.07, 6.45) is 10.1. The van der Waals surface area contributed by atoms with E-state index in [9.17, 15) is 4.79 Å². The van der Waals surface area contributed by atoms with Crippen LogP contribution in [0.5, 0.6) is 0 Å². The van der Waals surface area contributed by atoms with E-state index in [1.54, 1.807) is 0 Å². The molecule has 2 bridgehead atoms. The van der Waals surface area contributed by atoms with Crippen LogP contribution in [0, 0.1) is 23.7 Å². The maximum absolute atomic E-state index is 13.0. The van der Waals surface area contributed by atoms with E-state index < -0.39 is 17.7 Å². The Bertz CT molecular complexity index is 796. The molecule has 0 amide bonds. The van der Waals surface area contributed by atoms with Gasteiger partial charge in [0.05, 0.1) is 5.92 Å². The second-order valence-electron chi connectivity index (χ2n) is 10.6. The zero-order chi connectivity index (χ0) is 22.2. The molecule has 0 aromatic heterocycles. The summed E-state index contributed by atoms with van der Waals surface area (Å²) in [5, 5.41) is 0. The molecule has 1 unspecified atom stereocenters. The third kappa shape index (κ3) is 3.80. The summed E-state index contributed by atoms with van der Waals surface area (Å²) in [6, 6.07) is 10.6. The van der Waals surface area contributed by atoms with Crippen molar-refractivity contribution in [3.8, 4) is 0 Å². The first-order valence-corrected chi connectivity index (χ1v) is 12.9. The van der Waals surface area contributed by atoms with Crippen molar-refractivity contribution in [3.63, 3.8) is 0 Å². The number of ether oxygens (including phenoxy) is 2. The van der Waals surface area contributed by atoms with Gasteiger partial charge in [0, 0.05) is 24.7 Å². The molecule has 1 aromatic carbocycles. The lowest BCUT2D eigenvalue weighted by molar-refractivity contribution is -0.564. The Morgan fingerprint density at radius 3 is 2.66 bits per heavy atom. The molecule has 5 aliphatic rings. The number of hydrogen-bond acceptors (Lipinski definition) is 5. The van der Waals surface area contributed by atoms with Crippen LogP contribution in [0.3, 0.4) is 0 Å². The third-order valence-corrected chi connectivity index (χ3v) is 8.64. The Hall–Kier alpha value is -1.43. The highest BCUT2D eigenvalue weighted by Crippen LogP contribution is 2.61. The summed E-state index contributed by atoms with van der Waals surface area (Å²) in [5.74, 6) is -0.0675. The van der Waals surface area contributed by atoms with E-state index in [1.165, 1.54) is 5.56 Å². The molecule has 5 heteroatoms. The first kappa shape index (κ1) is 22.4. The fourth-order valence-electron chi connectivity index (χ4n) is 6.87. The Morgan fingerprint density at radius 1 is 1.00 bits per heavy atom.